The lowest BCUT2D eigenvalue weighted by Gasteiger charge is -2.36. The van der Waals surface area contributed by atoms with E-state index in [2.05, 4.69) is 29.4 Å². The average Bonchev–Trinajstić information content (AvgIpc) is 2.63. The average molecular weight is 241 g/mol. The van der Waals surface area contributed by atoms with Crippen LogP contribution < -0.4 is 5.32 Å². The van der Waals surface area contributed by atoms with Crippen molar-refractivity contribution in [1.82, 2.24) is 15.5 Å². The zero-order chi connectivity index (χ0) is 12.3. The third kappa shape index (κ3) is 3.76. The Morgan fingerprint density at radius 1 is 1.47 bits per heavy atom. The van der Waals surface area contributed by atoms with Gasteiger partial charge in [-0.1, -0.05) is 0 Å². The Labute approximate surface area is 101 Å². The summed E-state index contributed by atoms with van der Waals surface area (Å²) >= 11 is 0. The van der Waals surface area contributed by atoms with E-state index in [1.807, 2.05) is 0 Å². The molecule has 1 saturated heterocycles. The molecular formula is C11H19N3O3. The minimum absolute atomic E-state index is 0.0720. The van der Waals surface area contributed by atoms with E-state index in [0.29, 0.717) is 25.0 Å². The Bertz CT molecular complexity index is 365. The number of nitrogens with one attached hydrogen (secondary N) is 1. The number of rotatable bonds is 4. The van der Waals surface area contributed by atoms with Gasteiger partial charge in [-0.25, -0.2) is 0 Å². The van der Waals surface area contributed by atoms with E-state index >= 15 is 0 Å². The van der Waals surface area contributed by atoms with Crippen LogP contribution in [0.4, 0.5) is 0 Å². The van der Waals surface area contributed by atoms with Crippen LogP contribution >= 0.6 is 0 Å². The second kappa shape index (κ2) is 5.12. The minimum atomic E-state index is -0.132. The number of hydrogen-bond acceptors (Lipinski definition) is 6. The van der Waals surface area contributed by atoms with Gasteiger partial charge in [0, 0.05) is 20.0 Å². The maximum Gasteiger partial charge on any atom is 0.242 e. The number of aryl methyl sites for hydroxylation is 1. The third-order valence-corrected chi connectivity index (χ3v) is 2.51. The van der Waals surface area contributed by atoms with Crippen molar-refractivity contribution >= 4 is 0 Å². The standard InChI is InChI=1S/C11H19N3O3/c1-8-13-14-10(16-8)6-15-5-9-4-12-7-11(2,3)17-9/h9,12H,4-7H2,1-3H3. The van der Waals surface area contributed by atoms with Gasteiger partial charge in [-0.3, -0.25) is 0 Å². The normalized spacial score (nSPS) is 23.8. The molecule has 17 heavy (non-hydrogen) atoms. The van der Waals surface area contributed by atoms with Crippen LogP contribution in [0.25, 0.3) is 0 Å². The monoisotopic (exact) mass is 241 g/mol. The van der Waals surface area contributed by atoms with Gasteiger partial charge in [-0.05, 0) is 13.8 Å². The van der Waals surface area contributed by atoms with Gasteiger partial charge >= 0.3 is 0 Å². The van der Waals surface area contributed by atoms with Crippen LogP contribution in [0, 0.1) is 6.92 Å². The van der Waals surface area contributed by atoms with Crippen molar-refractivity contribution in [2.24, 2.45) is 0 Å². The first-order valence-electron chi connectivity index (χ1n) is 5.80. The van der Waals surface area contributed by atoms with Crippen LogP contribution in [0.1, 0.15) is 25.6 Å². The van der Waals surface area contributed by atoms with Gasteiger partial charge in [0.05, 0.1) is 18.3 Å². The number of hydrogen-bond donors (Lipinski definition) is 1. The first-order valence-corrected chi connectivity index (χ1v) is 5.80. The summed E-state index contributed by atoms with van der Waals surface area (Å²) < 4.78 is 16.6. The summed E-state index contributed by atoms with van der Waals surface area (Å²) in [6.07, 6.45) is 0.0720. The predicted octanol–water partition coefficient (Wildman–Crippen LogP) is 0.662. The molecular weight excluding hydrogens is 222 g/mol. The lowest BCUT2D eigenvalue weighted by molar-refractivity contribution is -0.123. The molecule has 1 unspecified atom stereocenters. The van der Waals surface area contributed by atoms with E-state index in [1.165, 1.54) is 0 Å². The van der Waals surface area contributed by atoms with Crippen LogP contribution in [-0.2, 0) is 16.1 Å². The number of morpholine rings is 1. The van der Waals surface area contributed by atoms with Gasteiger partial charge in [-0.2, -0.15) is 0 Å². The van der Waals surface area contributed by atoms with E-state index in [9.17, 15) is 0 Å². The molecule has 0 spiro atoms. The molecule has 0 aromatic carbocycles. The van der Waals surface area contributed by atoms with Crippen molar-refractivity contribution in [1.29, 1.82) is 0 Å². The summed E-state index contributed by atoms with van der Waals surface area (Å²) in [5, 5.41) is 10.9. The van der Waals surface area contributed by atoms with Crippen molar-refractivity contribution in [3.05, 3.63) is 11.8 Å². The van der Waals surface area contributed by atoms with Gasteiger partial charge in [0.25, 0.3) is 0 Å². The van der Waals surface area contributed by atoms with Crippen LogP contribution in [0.3, 0.4) is 0 Å². The van der Waals surface area contributed by atoms with Crippen LogP contribution in [0.5, 0.6) is 0 Å². The lowest BCUT2D eigenvalue weighted by Crippen LogP contribution is -2.51. The second-order valence-electron chi connectivity index (χ2n) is 4.86. The van der Waals surface area contributed by atoms with Gasteiger partial charge in [-0.15, -0.1) is 10.2 Å². The topological polar surface area (TPSA) is 69.4 Å². The van der Waals surface area contributed by atoms with Gasteiger partial charge < -0.3 is 19.2 Å². The van der Waals surface area contributed by atoms with Crippen LogP contribution in [-0.4, -0.2) is 41.6 Å². The van der Waals surface area contributed by atoms with Gasteiger partial charge in [0.15, 0.2) is 0 Å². The van der Waals surface area contributed by atoms with Gasteiger partial charge in [0.1, 0.15) is 6.61 Å². The Hall–Kier alpha value is -0.980. The summed E-state index contributed by atoms with van der Waals surface area (Å²) in [6.45, 7) is 8.42. The smallest absolute Gasteiger partial charge is 0.242 e. The molecule has 1 aliphatic heterocycles. The second-order valence-corrected chi connectivity index (χ2v) is 4.86. The predicted molar refractivity (Wildman–Crippen MR) is 60.5 cm³/mol. The third-order valence-electron chi connectivity index (χ3n) is 2.51. The zero-order valence-corrected chi connectivity index (χ0v) is 10.5. The zero-order valence-electron chi connectivity index (χ0n) is 10.5. The summed E-state index contributed by atoms with van der Waals surface area (Å²) in [7, 11) is 0. The fourth-order valence-corrected chi connectivity index (χ4v) is 1.84. The molecule has 1 aliphatic rings. The molecule has 1 N–H and O–H groups in total. The fraction of sp³-hybridized carbons (Fsp3) is 0.818. The molecule has 6 heteroatoms. The highest BCUT2D eigenvalue weighted by molar-refractivity contribution is 4.81. The summed E-state index contributed by atoms with van der Waals surface area (Å²) in [4.78, 5) is 0. The Morgan fingerprint density at radius 2 is 2.29 bits per heavy atom. The maximum atomic E-state index is 5.86. The van der Waals surface area contributed by atoms with E-state index in [4.69, 9.17) is 13.9 Å². The molecule has 0 radical (unpaired) electrons. The lowest BCUT2D eigenvalue weighted by atomic mass is 10.1. The van der Waals surface area contributed by atoms with Crippen molar-refractivity contribution in [3.63, 3.8) is 0 Å². The molecule has 0 aliphatic carbocycles. The summed E-state index contributed by atoms with van der Waals surface area (Å²) in [5.74, 6) is 1.06. The fourth-order valence-electron chi connectivity index (χ4n) is 1.84. The van der Waals surface area contributed by atoms with Crippen LogP contribution in [0.15, 0.2) is 4.42 Å². The number of ether oxygens (including phenoxy) is 2. The first-order chi connectivity index (χ1) is 8.05. The molecule has 1 fully saturated rings. The largest absolute Gasteiger partial charge is 0.423 e. The highest BCUT2D eigenvalue weighted by Gasteiger charge is 2.28. The SMILES string of the molecule is Cc1nnc(COCC2CNCC(C)(C)O2)o1. The Kier molecular flexibility index (Phi) is 3.76. The quantitative estimate of drug-likeness (QED) is 0.835. The molecule has 0 saturated carbocycles. The molecule has 1 atom stereocenters. The van der Waals surface area contributed by atoms with Crippen molar-refractivity contribution in [2.75, 3.05) is 19.7 Å². The molecule has 0 bridgehead atoms. The number of aromatic nitrogens is 2. The van der Waals surface area contributed by atoms with Crippen LogP contribution in [0.2, 0.25) is 0 Å². The van der Waals surface area contributed by atoms with E-state index in [-0.39, 0.29) is 11.7 Å². The molecule has 1 aromatic heterocycles. The minimum Gasteiger partial charge on any atom is -0.423 e. The van der Waals surface area contributed by atoms with E-state index in [0.717, 1.165) is 13.1 Å². The van der Waals surface area contributed by atoms with E-state index < -0.39 is 0 Å². The Morgan fingerprint density at radius 3 is 2.94 bits per heavy atom. The molecule has 96 valence electrons. The highest BCUT2D eigenvalue weighted by Crippen LogP contribution is 2.15. The summed E-state index contributed by atoms with van der Waals surface area (Å²) in [5.41, 5.74) is -0.132. The first kappa shape index (κ1) is 12.5. The Balaban J connectivity index is 1.71. The molecule has 0 amide bonds. The van der Waals surface area contributed by atoms with E-state index in [1.54, 1.807) is 6.92 Å². The van der Waals surface area contributed by atoms with Gasteiger partial charge in [0.2, 0.25) is 11.8 Å². The van der Waals surface area contributed by atoms with Crippen molar-refractivity contribution < 1.29 is 13.9 Å². The summed E-state index contributed by atoms with van der Waals surface area (Å²) in [6, 6.07) is 0. The maximum absolute atomic E-state index is 5.86. The molecule has 2 heterocycles. The molecule has 1 aromatic rings. The molecule has 6 nitrogen and oxygen atoms in total. The van der Waals surface area contributed by atoms with Crippen molar-refractivity contribution in [2.45, 2.75) is 39.1 Å². The van der Waals surface area contributed by atoms with Crippen molar-refractivity contribution in [3.8, 4) is 0 Å². The number of nitrogens with zero attached hydrogens (tertiary/aromatic N) is 2. The molecule has 2 rings (SSSR count). The highest BCUT2D eigenvalue weighted by atomic mass is 16.6.